The SMILES string of the molecule is N#C/C(=C/N1CCCCCC1)C(=O)Nc1ccc(F)cc1. The summed E-state index contributed by atoms with van der Waals surface area (Å²) in [6.45, 7) is 1.74. The second-order valence-corrected chi connectivity index (χ2v) is 5.07. The highest BCUT2D eigenvalue weighted by Crippen LogP contribution is 2.13. The predicted octanol–water partition coefficient (Wildman–Crippen LogP) is 3.05. The third-order valence-corrected chi connectivity index (χ3v) is 3.42. The Balaban J connectivity index is 2.03. The predicted molar refractivity (Wildman–Crippen MR) is 78.8 cm³/mol. The standard InChI is InChI=1S/C16H18FN3O/c17-14-5-7-15(8-6-14)19-16(21)13(11-18)12-20-9-3-1-2-4-10-20/h5-8,12H,1-4,9-10H2,(H,19,21)/b13-12-. The number of amides is 1. The highest BCUT2D eigenvalue weighted by Gasteiger charge is 2.13. The lowest BCUT2D eigenvalue weighted by Crippen LogP contribution is -2.22. The molecule has 0 aromatic heterocycles. The molecule has 0 saturated carbocycles. The smallest absolute Gasteiger partial charge is 0.267 e. The topological polar surface area (TPSA) is 56.1 Å². The van der Waals surface area contributed by atoms with E-state index in [1.165, 1.54) is 37.1 Å². The van der Waals surface area contributed by atoms with E-state index in [9.17, 15) is 9.18 Å². The Hall–Kier alpha value is -2.35. The molecule has 21 heavy (non-hydrogen) atoms. The number of halogens is 1. The lowest BCUT2D eigenvalue weighted by atomic mass is 10.2. The van der Waals surface area contributed by atoms with Crippen molar-refractivity contribution < 1.29 is 9.18 Å². The molecule has 1 aliphatic heterocycles. The average Bonchev–Trinajstić information content (AvgIpc) is 2.75. The third-order valence-electron chi connectivity index (χ3n) is 3.42. The number of rotatable bonds is 3. The second-order valence-electron chi connectivity index (χ2n) is 5.07. The van der Waals surface area contributed by atoms with E-state index in [2.05, 4.69) is 5.32 Å². The van der Waals surface area contributed by atoms with Gasteiger partial charge in [-0.3, -0.25) is 4.79 Å². The largest absolute Gasteiger partial charge is 0.376 e. The molecule has 1 aromatic rings. The molecule has 0 spiro atoms. The number of hydrogen-bond acceptors (Lipinski definition) is 3. The number of nitrogens with zero attached hydrogens (tertiary/aromatic N) is 2. The van der Waals surface area contributed by atoms with Gasteiger partial charge in [0.15, 0.2) is 0 Å². The van der Waals surface area contributed by atoms with Crippen molar-refractivity contribution in [3.63, 3.8) is 0 Å². The van der Waals surface area contributed by atoms with E-state index < -0.39 is 5.91 Å². The number of benzene rings is 1. The van der Waals surface area contributed by atoms with Crippen LogP contribution in [0.4, 0.5) is 10.1 Å². The van der Waals surface area contributed by atoms with Crippen LogP contribution in [-0.4, -0.2) is 23.9 Å². The molecule has 1 aromatic carbocycles. The Morgan fingerprint density at radius 3 is 2.38 bits per heavy atom. The van der Waals surface area contributed by atoms with Gasteiger partial charge >= 0.3 is 0 Å². The lowest BCUT2D eigenvalue weighted by Gasteiger charge is -2.17. The summed E-state index contributed by atoms with van der Waals surface area (Å²) in [6.07, 6.45) is 6.16. The number of carbonyl (C=O) groups is 1. The van der Waals surface area contributed by atoms with Gasteiger partial charge in [0, 0.05) is 25.0 Å². The molecule has 0 bridgehead atoms. The zero-order valence-electron chi connectivity index (χ0n) is 11.8. The van der Waals surface area contributed by atoms with Crippen LogP contribution in [0.2, 0.25) is 0 Å². The minimum Gasteiger partial charge on any atom is -0.376 e. The van der Waals surface area contributed by atoms with Crippen molar-refractivity contribution in [2.75, 3.05) is 18.4 Å². The molecule has 0 atom stereocenters. The van der Waals surface area contributed by atoms with E-state index in [0.717, 1.165) is 25.9 Å². The van der Waals surface area contributed by atoms with Crippen LogP contribution in [0.1, 0.15) is 25.7 Å². The minimum absolute atomic E-state index is 0.0706. The van der Waals surface area contributed by atoms with Crippen molar-refractivity contribution >= 4 is 11.6 Å². The molecule has 0 unspecified atom stereocenters. The van der Waals surface area contributed by atoms with E-state index in [-0.39, 0.29) is 11.4 Å². The van der Waals surface area contributed by atoms with Crippen LogP contribution in [0.15, 0.2) is 36.0 Å². The number of nitrogens with one attached hydrogen (secondary N) is 1. The molecule has 1 fully saturated rings. The summed E-state index contributed by atoms with van der Waals surface area (Å²) < 4.78 is 12.8. The molecular formula is C16H18FN3O. The molecule has 5 heteroatoms. The molecule has 2 rings (SSSR count). The summed E-state index contributed by atoms with van der Waals surface area (Å²) in [5, 5.41) is 11.8. The van der Waals surface area contributed by atoms with Crippen LogP contribution in [0.25, 0.3) is 0 Å². The van der Waals surface area contributed by atoms with E-state index in [4.69, 9.17) is 5.26 Å². The Bertz CT molecular complexity index is 552. The van der Waals surface area contributed by atoms with Gasteiger partial charge in [0.25, 0.3) is 5.91 Å². The number of hydrogen-bond donors (Lipinski definition) is 1. The fourth-order valence-electron chi connectivity index (χ4n) is 2.28. The number of nitriles is 1. The summed E-state index contributed by atoms with van der Waals surface area (Å²) >= 11 is 0. The Labute approximate surface area is 123 Å². The lowest BCUT2D eigenvalue weighted by molar-refractivity contribution is -0.112. The summed E-state index contributed by atoms with van der Waals surface area (Å²) in [7, 11) is 0. The van der Waals surface area contributed by atoms with Crippen LogP contribution in [0.3, 0.4) is 0 Å². The van der Waals surface area contributed by atoms with Gasteiger partial charge in [-0.05, 0) is 37.1 Å². The van der Waals surface area contributed by atoms with E-state index in [0.29, 0.717) is 5.69 Å². The number of carbonyl (C=O) groups excluding carboxylic acids is 1. The zero-order valence-corrected chi connectivity index (χ0v) is 11.8. The molecule has 4 nitrogen and oxygen atoms in total. The van der Waals surface area contributed by atoms with Gasteiger partial charge in [0.2, 0.25) is 0 Å². The first kappa shape index (κ1) is 15.0. The van der Waals surface area contributed by atoms with Crippen molar-refractivity contribution in [2.45, 2.75) is 25.7 Å². The molecule has 1 aliphatic rings. The van der Waals surface area contributed by atoms with Gasteiger partial charge in [-0.2, -0.15) is 5.26 Å². The maximum Gasteiger partial charge on any atom is 0.267 e. The van der Waals surface area contributed by atoms with Crippen LogP contribution in [0.5, 0.6) is 0 Å². The second kappa shape index (κ2) is 7.44. The summed E-state index contributed by atoms with van der Waals surface area (Å²) in [5.74, 6) is -0.832. The highest BCUT2D eigenvalue weighted by molar-refractivity contribution is 6.06. The maximum atomic E-state index is 12.8. The quantitative estimate of drug-likeness (QED) is 0.686. The molecule has 0 radical (unpaired) electrons. The van der Waals surface area contributed by atoms with E-state index >= 15 is 0 Å². The number of anilines is 1. The summed E-state index contributed by atoms with van der Waals surface area (Å²) in [6, 6.07) is 7.40. The maximum absolute atomic E-state index is 12.8. The first-order valence-corrected chi connectivity index (χ1v) is 7.12. The van der Waals surface area contributed by atoms with Gasteiger partial charge in [-0.25, -0.2) is 4.39 Å². The van der Waals surface area contributed by atoms with E-state index in [1.54, 1.807) is 6.20 Å². The van der Waals surface area contributed by atoms with Gasteiger partial charge in [0.1, 0.15) is 17.5 Å². The molecule has 110 valence electrons. The molecule has 0 aliphatic carbocycles. The molecular weight excluding hydrogens is 269 g/mol. The van der Waals surface area contributed by atoms with Crippen molar-refractivity contribution in [2.24, 2.45) is 0 Å². The Morgan fingerprint density at radius 1 is 1.19 bits per heavy atom. The van der Waals surface area contributed by atoms with Crippen molar-refractivity contribution in [1.82, 2.24) is 4.90 Å². The van der Waals surface area contributed by atoms with Crippen molar-refractivity contribution in [1.29, 1.82) is 5.26 Å². The molecule has 1 N–H and O–H groups in total. The monoisotopic (exact) mass is 287 g/mol. The van der Waals surface area contributed by atoms with Crippen LogP contribution >= 0.6 is 0 Å². The van der Waals surface area contributed by atoms with Gasteiger partial charge < -0.3 is 10.2 Å². The first-order chi connectivity index (χ1) is 10.2. The number of likely N-dealkylation sites (tertiary alicyclic amines) is 1. The van der Waals surface area contributed by atoms with Crippen LogP contribution in [-0.2, 0) is 4.79 Å². The normalized spacial score (nSPS) is 16.0. The first-order valence-electron chi connectivity index (χ1n) is 7.12. The minimum atomic E-state index is -0.464. The summed E-state index contributed by atoms with van der Waals surface area (Å²) in [5.41, 5.74) is 0.541. The molecule has 1 saturated heterocycles. The van der Waals surface area contributed by atoms with Crippen molar-refractivity contribution in [3.8, 4) is 6.07 Å². The van der Waals surface area contributed by atoms with Crippen LogP contribution in [0, 0.1) is 17.1 Å². The summed E-state index contributed by atoms with van der Waals surface area (Å²) in [4.78, 5) is 14.1. The fourth-order valence-corrected chi connectivity index (χ4v) is 2.28. The zero-order chi connectivity index (χ0) is 15.1. The highest BCUT2D eigenvalue weighted by atomic mass is 19.1. The van der Waals surface area contributed by atoms with Gasteiger partial charge in [-0.1, -0.05) is 12.8 Å². The van der Waals surface area contributed by atoms with Gasteiger partial charge in [-0.15, -0.1) is 0 Å². The fraction of sp³-hybridized carbons (Fsp3) is 0.375. The van der Waals surface area contributed by atoms with Gasteiger partial charge in [0.05, 0.1) is 0 Å². The van der Waals surface area contributed by atoms with Crippen molar-refractivity contribution in [3.05, 3.63) is 41.9 Å². The third kappa shape index (κ3) is 4.60. The Kier molecular flexibility index (Phi) is 5.33. The molecule has 1 heterocycles. The average molecular weight is 287 g/mol. The molecule has 1 amide bonds. The Morgan fingerprint density at radius 2 is 1.81 bits per heavy atom. The van der Waals surface area contributed by atoms with Crippen LogP contribution < -0.4 is 5.32 Å². The van der Waals surface area contributed by atoms with E-state index in [1.807, 2.05) is 11.0 Å².